The fourth-order valence-electron chi connectivity index (χ4n) is 4.12. The van der Waals surface area contributed by atoms with Crippen molar-refractivity contribution in [2.24, 2.45) is 0 Å². The van der Waals surface area contributed by atoms with Gasteiger partial charge in [0.05, 0.1) is 11.6 Å². The van der Waals surface area contributed by atoms with Gasteiger partial charge in [-0.1, -0.05) is 42.5 Å². The summed E-state index contributed by atoms with van der Waals surface area (Å²) in [7, 11) is 0. The van der Waals surface area contributed by atoms with Crippen LogP contribution < -0.4 is 10.9 Å². The molecule has 4 rings (SSSR count). The zero-order valence-electron chi connectivity index (χ0n) is 18.8. The maximum Gasteiger partial charge on any atom is 0.276 e. The zero-order valence-corrected chi connectivity index (χ0v) is 18.8. The van der Waals surface area contributed by atoms with Crippen LogP contribution in [0.25, 0.3) is 10.8 Å². The summed E-state index contributed by atoms with van der Waals surface area (Å²) < 4.78 is 16.5. The van der Waals surface area contributed by atoms with E-state index in [4.69, 9.17) is 0 Å². The summed E-state index contributed by atoms with van der Waals surface area (Å²) >= 11 is 0. The molecule has 2 heterocycles. The third-order valence-corrected chi connectivity index (χ3v) is 5.96. The highest BCUT2D eigenvalue weighted by molar-refractivity contribution is 5.87. The summed E-state index contributed by atoms with van der Waals surface area (Å²) in [5.41, 5.74) is 3.59. The molecule has 0 aliphatic heterocycles. The van der Waals surface area contributed by atoms with Gasteiger partial charge in [-0.25, -0.2) is 9.07 Å². The van der Waals surface area contributed by atoms with Gasteiger partial charge < -0.3 is 9.88 Å². The second-order valence-corrected chi connectivity index (χ2v) is 8.22. The van der Waals surface area contributed by atoms with Crippen molar-refractivity contribution in [3.05, 3.63) is 99.5 Å². The molecule has 1 N–H and O–H groups in total. The summed E-state index contributed by atoms with van der Waals surface area (Å²) in [5.74, 6) is -0.521. The lowest BCUT2D eigenvalue weighted by atomic mass is 10.1. The normalized spacial score (nSPS) is 11.1. The second kappa shape index (κ2) is 9.81. The van der Waals surface area contributed by atoms with Crippen molar-refractivity contribution < 1.29 is 9.18 Å². The molecule has 170 valence electrons. The Bertz CT molecular complexity index is 1320. The van der Waals surface area contributed by atoms with E-state index in [0.717, 1.165) is 35.2 Å². The minimum absolute atomic E-state index is 0.123. The van der Waals surface area contributed by atoms with Crippen molar-refractivity contribution in [2.45, 2.75) is 39.8 Å². The van der Waals surface area contributed by atoms with E-state index in [-0.39, 0.29) is 23.8 Å². The number of aromatic nitrogens is 3. The van der Waals surface area contributed by atoms with Crippen LogP contribution in [0.2, 0.25) is 0 Å². The maximum absolute atomic E-state index is 13.2. The van der Waals surface area contributed by atoms with Gasteiger partial charge in [0.25, 0.3) is 5.56 Å². The number of nitrogens with zero attached hydrogens (tertiary/aromatic N) is 3. The predicted molar refractivity (Wildman–Crippen MR) is 127 cm³/mol. The van der Waals surface area contributed by atoms with Crippen molar-refractivity contribution in [1.82, 2.24) is 19.7 Å². The molecular weight excluding hydrogens is 419 g/mol. The molecule has 0 spiro atoms. The molecule has 2 aromatic carbocycles. The van der Waals surface area contributed by atoms with E-state index in [0.29, 0.717) is 18.5 Å². The fraction of sp³-hybridized carbons (Fsp3) is 0.269. The summed E-state index contributed by atoms with van der Waals surface area (Å²) in [6.45, 7) is 4.75. The SMILES string of the molecule is Cc1c2cnn(CC(=O)NCCCc3ccccc3)c(=O)c2c(C)n1Cc1ccc(F)cc1. The Kier molecular flexibility index (Phi) is 6.68. The zero-order chi connectivity index (χ0) is 23.4. The Labute approximate surface area is 191 Å². The molecule has 1 amide bonds. The first-order valence-corrected chi connectivity index (χ1v) is 11.0. The molecule has 2 aromatic heterocycles. The summed E-state index contributed by atoms with van der Waals surface area (Å²) in [6, 6.07) is 16.4. The molecule has 0 fully saturated rings. The number of fused-ring (bicyclic) bond motifs is 1. The van der Waals surface area contributed by atoms with Crippen LogP contribution >= 0.6 is 0 Å². The number of hydrogen-bond donors (Lipinski definition) is 1. The molecule has 33 heavy (non-hydrogen) atoms. The number of nitrogens with one attached hydrogen (secondary N) is 1. The molecule has 0 saturated carbocycles. The monoisotopic (exact) mass is 446 g/mol. The van der Waals surface area contributed by atoms with Crippen molar-refractivity contribution in [1.29, 1.82) is 0 Å². The molecule has 0 atom stereocenters. The van der Waals surface area contributed by atoms with Crippen LogP contribution in [0, 0.1) is 19.7 Å². The fourth-order valence-corrected chi connectivity index (χ4v) is 4.12. The number of carbonyl (C=O) groups is 1. The summed E-state index contributed by atoms with van der Waals surface area (Å²) in [5, 5.41) is 8.43. The van der Waals surface area contributed by atoms with E-state index >= 15 is 0 Å². The van der Waals surface area contributed by atoms with Gasteiger partial charge >= 0.3 is 0 Å². The minimum Gasteiger partial charge on any atom is -0.354 e. The molecule has 0 unspecified atom stereocenters. The Hall–Kier alpha value is -3.74. The molecule has 7 heteroatoms. The van der Waals surface area contributed by atoms with Gasteiger partial charge in [0, 0.05) is 29.9 Å². The number of benzene rings is 2. The first-order chi connectivity index (χ1) is 15.9. The minimum atomic E-state index is -0.287. The number of amides is 1. The first-order valence-electron chi connectivity index (χ1n) is 11.0. The third kappa shape index (κ3) is 5.03. The number of halogens is 1. The predicted octanol–water partition coefficient (Wildman–Crippen LogP) is 3.75. The van der Waals surface area contributed by atoms with Crippen LogP contribution in [0.5, 0.6) is 0 Å². The molecule has 0 bridgehead atoms. The molecule has 6 nitrogen and oxygen atoms in total. The number of rotatable bonds is 8. The number of carbonyl (C=O) groups excluding carboxylic acids is 1. The van der Waals surface area contributed by atoms with Crippen LogP contribution in [0.3, 0.4) is 0 Å². The van der Waals surface area contributed by atoms with Gasteiger partial charge in [-0.05, 0) is 49.9 Å². The lowest BCUT2D eigenvalue weighted by molar-refractivity contribution is -0.121. The van der Waals surface area contributed by atoms with Gasteiger partial charge in [-0.3, -0.25) is 9.59 Å². The molecule has 0 aliphatic carbocycles. The Morgan fingerprint density at radius 3 is 2.45 bits per heavy atom. The quantitative estimate of drug-likeness (QED) is 0.419. The summed E-state index contributed by atoms with van der Waals surface area (Å²) in [6.07, 6.45) is 3.34. The van der Waals surface area contributed by atoms with Crippen LogP contribution in [0.15, 0.2) is 65.6 Å². The standard InChI is InChI=1S/C26H27FN4O2/c1-18-23-15-29-31(17-24(32)28-14-6-9-20-7-4-3-5-8-20)26(33)25(23)19(2)30(18)16-21-10-12-22(27)13-11-21/h3-5,7-8,10-13,15H,6,9,14,16-17H2,1-2H3,(H,28,32). The van der Waals surface area contributed by atoms with Crippen molar-refractivity contribution >= 4 is 16.7 Å². The molecule has 4 aromatic rings. The van der Waals surface area contributed by atoms with Gasteiger partial charge in [-0.2, -0.15) is 5.10 Å². The highest BCUT2D eigenvalue weighted by Crippen LogP contribution is 2.23. The lowest BCUT2D eigenvalue weighted by Gasteiger charge is -2.09. The molecule has 0 aliphatic rings. The number of hydrogen-bond acceptors (Lipinski definition) is 3. The van der Waals surface area contributed by atoms with Crippen LogP contribution in [-0.4, -0.2) is 26.8 Å². The largest absolute Gasteiger partial charge is 0.354 e. The average Bonchev–Trinajstić information content (AvgIpc) is 3.05. The van der Waals surface area contributed by atoms with E-state index in [9.17, 15) is 14.0 Å². The van der Waals surface area contributed by atoms with E-state index < -0.39 is 0 Å². The Balaban J connectivity index is 1.46. The van der Waals surface area contributed by atoms with Gasteiger partial charge in [0.1, 0.15) is 12.4 Å². The molecule has 0 radical (unpaired) electrons. The van der Waals surface area contributed by atoms with E-state index in [1.165, 1.54) is 22.4 Å². The number of aryl methyl sites for hydroxylation is 3. The highest BCUT2D eigenvalue weighted by Gasteiger charge is 2.17. The summed E-state index contributed by atoms with van der Waals surface area (Å²) in [4.78, 5) is 25.5. The lowest BCUT2D eigenvalue weighted by Crippen LogP contribution is -2.34. The second-order valence-electron chi connectivity index (χ2n) is 8.22. The van der Waals surface area contributed by atoms with E-state index in [1.54, 1.807) is 18.3 Å². The molecular formula is C26H27FN4O2. The van der Waals surface area contributed by atoms with Gasteiger partial charge in [0.2, 0.25) is 5.91 Å². The Morgan fingerprint density at radius 1 is 1.00 bits per heavy atom. The first kappa shape index (κ1) is 22.5. The average molecular weight is 447 g/mol. The van der Waals surface area contributed by atoms with E-state index in [2.05, 4.69) is 22.5 Å². The van der Waals surface area contributed by atoms with Crippen molar-refractivity contribution in [3.63, 3.8) is 0 Å². The van der Waals surface area contributed by atoms with Crippen molar-refractivity contribution in [3.8, 4) is 0 Å². The third-order valence-electron chi connectivity index (χ3n) is 5.96. The van der Waals surface area contributed by atoms with Gasteiger partial charge in [-0.15, -0.1) is 0 Å². The van der Waals surface area contributed by atoms with Crippen LogP contribution in [-0.2, 0) is 24.3 Å². The maximum atomic E-state index is 13.2. The highest BCUT2D eigenvalue weighted by atomic mass is 19.1. The van der Waals surface area contributed by atoms with E-state index in [1.807, 2.05) is 36.6 Å². The smallest absolute Gasteiger partial charge is 0.276 e. The van der Waals surface area contributed by atoms with Crippen LogP contribution in [0.4, 0.5) is 4.39 Å². The van der Waals surface area contributed by atoms with Gasteiger partial charge in [0.15, 0.2) is 0 Å². The molecule has 0 saturated heterocycles. The topological polar surface area (TPSA) is 68.9 Å². The van der Waals surface area contributed by atoms with Crippen LogP contribution in [0.1, 0.15) is 28.9 Å². The van der Waals surface area contributed by atoms with Crippen molar-refractivity contribution in [2.75, 3.05) is 6.54 Å². The Morgan fingerprint density at radius 2 is 1.73 bits per heavy atom.